The Balaban J connectivity index is 1.54. The van der Waals surface area contributed by atoms with Gasteiger partial charge in [-0.2, -0.15) is 0 Å². The third kappa shape index (κ3) is 5.72. The number of carbonyl (C=O) groups excluding carboxylic acids is 1. The van der Waals surface area contributed by atoms with E-state index in [0.29, 0.717) is 17.9 Å². The number of nitrogens with one attached hydrogen (secondary N) is 1. The number of nitrogens with zero attached hydrogens (tertiary/aromatic N) is 1. The number of rotatable bonds is 8. The number of hydrogen-bond acceptors (Lipinski definition) is 4. The van der Waals surface area contributed by atoms with Crippen molar-refractivity contribution in [2.45, 2.75) is 10.6 Å². The molecule has 0 fully saturated rings. The third-order valence-electron chi connectivity index (χ3n) is 3.72. The lowest BCUT2D eigenvalue weighted by molar-refractivity contribution is 0.102. The van der Waals surface area contributed by atoms with Crippen LogP contribution in [0.25, 0.3) is 0 Å². The molecule has 0 aliphatic heterocycles. The van der Waals surface area contributed by atoms with Gasteiger partial charge in [-0.15, -0.1) is 11.8 Å². The second-order valence-corrected chi connectivity index (χ2v) is 6.80. The van der Waals surface area contributed by atoms with Gasteiger partial charge in [0.2, 0.25) is 0 Å². The number of amides is 1. The Morgan fingerprint density at radius 3 is 2.56 bits per heavy atom. The van der Waals surface area contributed by atoms with E-state index in [-0.39, 0.29) is 5.91 Å². The molecule has 0 bridgehead atoms. The molecule has 0 atom stereocenters. The molecule has 1 N–H and O–H groups in total. The van der Waals surface area contributed by atoms with Gasteiger partial charge in [-0.3, -0.25) is 9.78 Å². The van der Waals surface area contributed by atoms with Crippen molar-refractivity contribution in [2.75, 3.05) is 11.9 Å². The molecule has 4 nitrogen and oxygen atoms in total. The summed E-state index contributed by atoms with van der Waals surface area (Å²) in [7, 11) is 0. The summed E-state index contributed by atoms with van der Waals surface area (Å²) in [6.45, 7) is 4.05. The molecule has 27 heavy (non-hydrogen) atoms. The van der Waals surface area contributed by atoms with Crippen LogP contribution in [0.15, 0.2) is 90.6 Å². The molecule has 0 unspecified atom stereocenters. The van der Waals surface area contributed by atoms with E-state index in [1.165, 1.54) is 5.56 Å². The first-order chi connectivity index (χ1) is 13.2. The molecule has 0 spiro atoms. The number of benzene rings is 2. The molecule has 1 amide bonds. The van der Waals surface area contributed by atoms with Crippen molar-refractivity contribution in [2.24, 2.45) is 0 Å². The monoisotopic (exact) mass is 376 g/mol. The summed E-state index contributed by atoms with van der Waals surface area (Å²) in [6, 6.07) is 18.8. The first-order valence-corrected chi connectivity index (χ1v) is 9.50. The molecule has 0 aliphatic carbocycles. The van der Waals surface area contributed by atoms with Crippen LogP contribution in [0.4, 0.5) is 5.69 Å². The number of anilines is 1. The summed E-state index contributed by atoms with van der Waals surface area (Å²) in [5, 5.41) is 2.91. The minimum atomic E-state index is -0.152. The molecule has 2 aromatic carbocycles. The summed E-state index contributed by atoms with van der Waals surface area (Å²) in [5.74, 6) is 1.42. The standard InChI is InChI=1S/C22H20N2O2S/c1-2-14-26-20-9-5-18(6-10-20)22(25)24-19-7-11-21(12-8-19)27-16-17-4-3-13-23-15-17/h2-13,15H,1,14,16H2,(H,24,25). The van der Waals surface area contributed by atoms with Gasteiger partial charge in [-0.25, -0.2) is 0 Å². The van der Waals surface area contributed by atoms with Crippen molar-refractivity contribution < 1.29 is 9.53 Å². The number of carbonyl (C=O) groups is 1. The highest BCUT2D eigenvalue weighted by molar-refractivity contribution is 7.98. The Morgan fingerprint density at radius 1 is 1.11 bits per heavy atom. The summed E-state index contributed by atoms with van der Waals surface area (Å²) in [6.07, 6.45) is 5.32. The van der Waals surface area contributed by atoms with E-state index in [0.717, 1.165) is 16.3 Å². The fraction of sp³-hybridized carbons (Fsp3) is 0.0909. The molecule has 3 aromatic rings. The molecular formula is C22H20N2O2S. The molecule has 0 saturated heterocycles. The number of thioether (sulfide) groups is 1. The van der Waals surface area contributed by atoms with Crippen LogP contribution in [0.3, 0.4) is 0 Å². The zero-order valence-corrected chi connectivity index (χ0v) is 15.6. The lowest BCUT2D eigenvalue weighted by Crippen LogP contribution is -2.11. The fourth-order valence-corrected chi connectivity index (χ4v) is 3.18. The maximum atomic E-state index is 12.4. The van der Waals surface area contributed by atoms with E-state index in [4.69, 9.17) is 4.74 Å². The van der Waals surface area contributed by atoms with E-state index in [9.17, 15) is 4.79 Å². The second-order valence-electron chi connectivity index (χ2n) is 5.75. The highest BCUT2D eigenvalue weighted by Gasteiger charge is 2.06. The van der Waals surface area contributed by atoms with Crippen LogP contribution in [0.5, 0.6) is 5.75 Å². The van der Waals surface area contributed by atoms with Crippen molar-refractivity contribution in [1.82, 2.24) is 4.98 Å². The molecule has 5 heteroatoms. The first kappa shape index (κ1) is 18.7. The van der Waals surface area contributed by atoms with Gasteiger partial charge in [-0.05, 0) is 60.2 Å². The van der Waals surface area contributed by atoms with Gasteiger partial charge in [0, 0.05) is 34.3 Å². The average molecular weight is 376 g/mol. The minimum Gasteiger partial charge on any atom is -0.490 e. The van der Waals surface area contributed by atoms with Crippen LogP contribution in [0.1, 0.15) is 15.9 Å². The quantitative estimate of drug-likeness (QED) is 0.434. The molecule has 0 saturated carbocycles. The number of aromatic nitrogens is 1. The van der Waals surface area contributed by atoms with E-state index < -0.39 is 0 Å². The minimum absolute atomic E-state index is 0.152. The topological polar surface area (TPSA) is 51.2 Å². The fourth-order valence-electron chi connectivity index (χ4n) is 2.35. The number of pyridine rings is 1. The lowest BCUT2D eigenvalue weighted by Gasteiger charge is -2.08. The zero-order chi connectivity index (χ0) is 18.9. The van der Waals surface area contributed by atoms with Crippen molar-refractivity contribution >= 4 is 23.4 Å². The highest BCUT2D eigenvalue weighted by atomic mass is 32.2. The van der Waals surface area contributed by atoms with Crippen LogP contribution in [0.2, 0.25) is 0 Å². The van der Waals surface area contributed by atoms with E-state index >= 15 is 0 Å². The molecule has 136 valence electrons. The summed E-state index contributed by atoms with van der Waals surface area (Å²) in [4.78, 5) is 17.6. The summed E-state index contributed by atoms with van der Waals surface area (Å²) >= 11 is 1.73. The van der Waals surface area contributed by atoms with Crippen molar-refractivity contribution in [3.63, 3.8) is 0 Å². The van der Waals surface area contributed by atoms with Gasteiger partial charge in [0.15, 0.2) is 0 Å². The van der Waals surface area contributed by atoms with Gasteiger partial charge in [0.25, 0.3) is 5.91 Å². The zero-order valence-electron chi connectivity index (χ0n) is 14.8. The van der Waals surface area contributed by atoms with Crippen LogP contribution in [-0.4, -0.2) is 17.5 Å². The van der Waals surface area contributed by atoms with Gasteiger partial charge in [0.05, 0.1) is 0 Å². The Bertz CT molecular complexity index is 878. The highest BCUT2D eigenvalue weighted by Crippen LogP contribution is 2.24. The Morgan fingerprint density at radius 2 is 1.89 bits per heavy atom. The van der Waals surface area contributed by atoms with Gasteiger partial charge in [0.1, 0.15) is 12.4 Å². The van der Waals surface area contributed by atoms with E-state index in [1.807, 2.05) is 36.5 Å². The Hall–Kier alpha value is -3.05. The molecule has 0 radical (unpaired) electrons. The maximum absolute atomic E-state index is 12.4. The Kier molecular flexibility index (Phi) is 6.66. The number of ether oxygens (including phenoxy) is 1. The normalized spacial score (nSPS) is 10.2. The number of hydrogen-bond donors (Lipinski definition) is 1. The predicted octanol–water partition coefficient (Wildman–Crippen LogP) is 5.19. The van der Waals surface area contributed by atoms with Crippen LogP contribution >= 0.6 is 11.8 Å². The summed E-state index contributed by atoms with van der Waals surface area (Å²) < 4.78 is 5.42. The van der Waals surface area contributed by atoms with Gasteiger partial charge < -0.3 is 10.1 Å². The van der Waals surface area contributed by atoms with Gasteiger partial charge >= 0.3 is 0 Å². The maximum Gasteiger partial charge on any atom is 0.255 e. The first-order valence-electron chi connectivity index (χ1n) is 8.51. The molecule has 1 aromatic heterocycles. The van der Waals surface area contributed by atoms with Crippen LogP contribution in [0, 0.1) is 0 Å². The van der Waals surface area contributed by atoms with E-state index in [1.54, 1.807) is 48.3 Å². The smallest absolute Gasteiger partial charge is 0.255 e. The van der Waals surface area contributed by atoms with Crippen molar-refractivity contribution in [1.29, 1.82) is 0 Å². The predicted molar refractivity (Wildman–Crippen MR) is 110 cm³/mol. The lowest BCUT2D eigenvalue weighted by atomic mass is 10.2. The van der Waals surface area contributed by atoms with Crippen molar-refractivity contribution in [3.8, 4) is 5.75 Å². The molecular weight excluding hydrogens is 356 g/mol. The SMILES string of the molecule is C=CCOc1ccc(C(=O)Nc2ccc(SCc3cccnc3)cc2)cc1. The van der Waals surface area contributed by atoms with Crippen LogP contribution < -0.4 is 10.1 Å². The Labute approximate surface area is 163 Å². The molecule has 1 heterocycles. The second kappa shape index (κ2) is 9.59. The van der Waals surface area contributed by atoms with Gasteiger partial charge in [-0.1, -0.05) is 18.7 Å². The molecule has 0 aliphatic rings. The van der Waals surface area contributed by atoms with Crippen molar-refractivity contribution in [3.05, 3.63) is 96.8 Å². The van der Waals surface area contributed by atoms with E-state index in [2.05, 4.69) is 22.9 Å². The summed E-state index contributed by atoms with van der Waals surface area (Å²) in [5.41, 5.74) is 2.52. The third-order valence-corrected chi connectivity index (χ3v) is 4.81. The largest absolute Gasteiger partial charge is 0.490 e. The average Bonchev–Trinajstić information content (AvgIpc) is 2.73. The van der Waals surface area contributed by atoms with Crippen LogP contribution in [-0.2, 0) is 5.75 Å². The molecule has 3 rings (SSSR count).